The Bertz CT molecular complexity index is 651. The number of likely N-dealkylation sites (N-methyl/N-ethyl adjacent to an activating group) is 1. The number of hydrogen-bond acceptors (Lipinski definition) is 5. The van der Waals surface area contributed by atoms with Crippen molar-refractivity contribution in [3.8, 4) is 0 Å². The first-order chi connectivity index (χ1) is 10.2. The maximum absolute atomic E-state index is 5.71. The van der Waals surface area contributed by atoms with Gasteiger partial charge in [0.05, 0.1) is 12.2 Å². The van der Waals surface area contributed by atoms with E-state index in [1.807, 2.05) is 4.52 Å². The van der Waals surface area contributed by atoms with E-state index in [1.165, 1.54) is 24.1 Å². The van der Waals surface area contributed by atoms with Crippen molar-refractivity contribution < 1.29 is 0 Å². The Labute approximate surface area is 124 Å². The Morgan fingerprint density at radius 2 is 2.00 bits per heavy atom. The number of anilines is 1. The quantitative estimate of drug-likeness (QED) is 0.905. The molecule has 0 amide bonds. The summed E-state index contributed by atoms with van der Waals surface area (Å²) in [7, 11) is 2.18. The normalized spacial score (nSPS) is 20.4. The van der Waals surface area contributed by atoms with Gasteiger partial charge >= 0.3 is 0 Å². The fraction of sp³-hybridized carbons (Fsp3) is 0.600. The summed E-state index contributed by atoms with van der Waals surface area (Å²) in [6, 6.07) is 2.33. The minimum absolute atomic E-state index is 0.391. The van der Waals surface area contributed by atoms with E-state index in [0.717, 1.165) is 37.7 Å². The van der Waals surface area contributed by atoms with Crippen molar-refractivity contribution in [2.45, 2.75) is 25.3 Å². The molecule has 1 saturated heterocycles. The number of piperazine rings is 1. The number of nitrogens with two attached hydrogens (primary N) is 1. The zero-order valence-electron chi connectivity index (χ0n) is 12.5. The number of nitrogens with zero attached hydrogens (tertiary/aromatic N) is 5. The molecule has 3 heterocycles. The molecule has 1 aliphatic carbocycles. The first kappa shape index (κ1) is 13.0. The van der Waals surface area contributed by atoms with Crippen LogP contribution in [0.1, 0.15) is 30.1 Å². The van der Waals surface area contributed by atoms with Gasteiger partial charge < -0.3 is 15.5 Å². The minimum Gasteiger partial charge on any atom is -0.366 e. The summed E-state index contributed by atoms with van der Waals surface area (Å²) in [5, 5.41) is 4.52. The Kier molecular flexibility index (Phi) is 3.08. The monoisotopic (exact) mass is 286 g/mol. The molecule has 6 heteroatoms. The van der Waals surface area contributed by atoms with Crippen molar-refractivity contribution in [2.24, 2.45) is 5.73 Å². The van der Waals surface area contributed by atoms with Gasteiger partial charge in [0.15, 0.2) is 11.5 Å². The molecule has 2 aromatic heterocycles. The molecule has 0 radical (unpaired) electrons. The third kappa shape index (κ3) is 2.38. The van der Waals surface area contributed by atoms with Gasteiger partial charge in [0, 0.05) is 32.4 Å². The van der Waals surface area contributed by atoms with Crippen LogP contribution in [-0.2, 0) is 6.54 Å². The van der Waals surface area contributed by atoms with E-state index in [9.17, 15) is 0 Å². The van der Waals surface area contributed by atoms with Crippen molar-refractivity contribution in [3.63, 3.8) is 0 Å². The molecule has 0 atom stereocenters. The summed E-state index contributed by atoms with van der Waals surface area (Å²) in [6.07, 6.45) is 4.73. The van der Waals surface area contributed by atoms with Gasteiger partial charge in [-0.05, 0) is 37.4 Å². The Balaban J connectivity index is 1.78. The van der Waals surface area contributed by atoms with E-state index >= 15 is 0 Å². The SMILES string of the molecule is CN1CCN(c2cc(C3CC3)cn3nc(CN)nc23)CC1. The van der Waals surface area contributed by atoms with Crippen LogP contribution in [0.3, 0.4) is 0 Å². The Morgan fingerprint density at radius 1 is 1.24 bits per heavy atom. The van der Waals surface area contributed by atoms with Crippen molar-refractivity contribution in [2.75, 3.05) is 38.1 Å². The van der Waals surface area contributed by atoms with Gasteiger partial charge in [-0.3, -0.25) is 0 Å². The fourth-order valence-corrected chi connectivity index (χ4v) is 3.04. The third-order valence-corrected chi connectivity index (χ3v) is 4.55. The highest BCUT2D eigenvalue weighted by Gasteiger charge is 2.27. The summed E-state index contributed by atoms with van der Waals surface area (Å²) in [6.45, 7) is 4.67. The van der Waals surface area contributed by atoms with Crippen molar-refractivity contribution in [3.05, 3.63) is 23.7 Å². The van der Waals surface area contributed by atoms with Gasteiger partial charge in [-0.2, -0.15) is 0 Å². The molecule has 0 unspecified atom stereocenters. The Morgan fingerprint density at radius 3 is 2.67 bits per heavy atom. The van der Waals surface area contributed by atoms with Gasteiger partial charge in [0.2, 0.25) is 0 Å². The number of rotatable bonds is 3. The highest BCUT2D eigenvalue weighted by atomic mass is 15.3. The molecule has 0 spiro atoms. The molecule has 2 fully saturated rings. The molecule has 6 nitrogen and oxygen atoms in total. The van der Waals surface area contributed by atoms with Crippen LogP contribution in [-0.4, -0.2) is 52.7 Å². The lowest BCUT2D eigenvalue weighted by Crippen LogP contribution is -2.44. The third-order valence-electron chi connectivity index (χ3n) is 4.55. The lowest BCUT2D eigenvalue weighted by molar-refractivity contribution is 0.313. The molecule has 2 aliphatic rings. The molecule has 0 aromatic carbocycles. The van der Waals surface area contributed by atoms with Gasteiger partial charge in [-0.25, -0.2) is 9.50 Å². The van der Waals surface area contributed by atoms with Crippen LogP contribution in [0.5, 0.6) is 0 Å². The highest BCUT2D eigenvalue weighted by Crippen LogP contribution is 2.41. The number of aromatic nitrogens is 3. The zero-order chi connectivity index (χ0) is 14.4. The first-order valence-electron chi connectivity index (χ1n) is 7.77. The smallest absolute Gasteiger partial charge is 0.179 e. The maximum Gasteiger partial charge on any atom is 0.179 e. The molecule has 2 aromatic rings. The number of hydrogen-bond donors (Lipinski definition) is 1. The summed E-state index contributed by atoms with van der Waals surface area (Å²) >= 11 is 0. The molecule has 112 valence electrons. The first-order valence-corrected chi connectivity index (χ1v) is 7.77. The van der Waals surface area contributed by atoms with E-state index in [2.05, 4.69) is 39.2 Å². The van der Waals surface area contributed by atoms with E-state index < -0.39 is 0 Å². The standard InChI is InChI=1S/C15H22N6/c1-19-4-6-20(7-5-19)13-8-12(11-2-3-11)10-21-15(13)17-14(9-16)18-21/h8,10-11H,2-7,9,16H2,1H3. The van der Waals surface area contributed by atoms with Crippen LogP contribution < -0.4 is 10.6 Å². The fourth-order valence-electron chi connectivity index (χ4n) is 3.04. The molecule has 0 bridgehead atoms. The number of fused-ring (bicyclic) bond motifs is 1. The van der Waals surface area contributed by atoms with Gasteiger partial charge in [0.25, 0.3) is 0 Å². The maximum atomic E-state index is 5.71. The average Bonchev–Trinajstić information content (AvgIpc) is 3.26. The van der Waals surface area contributed by atoms with Gasteiger partial charge in [-0.1, -0.05) is 0 Å². The molecule has 4 rings (SSSR count). The van der Waals surface area contributed by atoms with Crippen LogP contribution in [0.25, 0.3) is 5.65 Å². The topological polar surface area (TPSA) is 62.7 Å². The van der Waals surface area contributed by atoms with Crippen LogP contribution in [0.2, 0.25) is 0 Å². The predicted octanol–water partition coefficient (Wildman–Crippen LogP) is 0.817. The molecule has 1 saturated carbocycles. The van der Waals surface area contributed by atoms with Crippen LogP contribution in [0, 0.1) is 0 Å². The summed E-state index contributed by atoms with van der Waals surface area (Å²) < 4.78 is 1.93. The Hall–Kier alpha value is -1.66. The van der Waals surface area contributed by atoms with E-state index in [-0.39, 0.29) is 0 Å². The van der Waals surface area contributed by atoms with E-state index in [1.54, 1.807) is 0 Å². The minimum atomic E-state index is 0.391. The van der Waals surface area contributed by atoms with Crippen LogP contribution >= 0.6 is 0 Å². The lowest BCUT2D eigenvalue weighted by atomic mass is 10.1. The van der Waals surface area contributed by atoms with Crippen molar-refractivity contribution in [1.29, 1.82) is 0 Å². The second kappa shape index (κ2) is 4.96. The molecular formula is C15H22N6. The summed E-state index contributed by atoms with van der Waals surface area (Å²) in [5.74, 6) is 1.43. The second-order valence-electron chi connectivity index (χ2n) is 6.22. The number of pyridine rings is 1. The predicted molar refractivity (Wildman–Crippen MR) is 82.6 cm³/mol. The van der Waals surface area contributed by atoms with Crippen molar-refractivity contribution >= 4 is 11.3 Å². The zero-order valence-corrected chi connectivity index (χ0v) is 12.5. The summed E-state index contributed by atoms with van der Waals surface area (Å²) in [5.41, 5.74) is 9.28. The largest absolute Gasteiger partial charge is 0.366 e. The molecule has 2 N–H and O–H groups in total. The lowest BCUT2D eigenvalue weighted by Gasteiger charge is -2.34. The molecular weight excluding hydrogens is 264 g/mol. The summed E-state index contributed by atoms with van der Waals surface area (Å²) in [4.78, 5) is 9.43. The van der Waals surface area contributed by atoms with E-state index in [4.69, 9.17) is 5.73 Å². The second-order valence-corrected chi connectivity index (χ2v) is 6.22. The van der Waals surface area contributed by atoms with Crippen LogP contribution in [0.15, 0.2) is 12.3 Å². The average molecular weight is 286 g/mol. The van der Waals surface area contributed by atoms with Gasteiger partial charge in [-0.15, -0.1) is 5.10 Å². The molecule has 21 heavy (non-hydrogen) atoms. The van der Waals surface area contributed by atoms with Crippen molar-refractivity contribution in [1.82, 2.24) is 19.5 Å². The molecule has 1 aliphatic heterocycles. The van der Waals surface area contributed by atoms with E-state index in [0.29, 0.717) is 12.5 Å². The van der Waals surface area contributed by atoms with Gasteiger partial charge in [0.1, 0.15) is 0 Å². The van der Waals surface area contributed by atoms with Crippen LogP contribution in [0.4, 0.5) is 5.69 Å². The highest BCUT2D eigenvalue weighted by molar-refractivity contribution is 5.70.